The zero-order valence-electron chi connectivity index (χ0n) is 17.4. The van der Waals surface area contributed by atoms with Gasteiger partial charge in [-0.25, -0.2) is 14.6 Å². The average Bonchev–Trinajstić information content (AvgIpc) is 3.09. The number of hydrogen-bond acceptors (Lipinski definition) is 8. The molecule has 3 aromatic rings. The molecule has 158 valence electrons. The van der Waals surface area contributed by atoms with Gasteiger partial charge >= 0.3 is 0 Å². The first-order valence-electron chi connectivity index (χ1n) is 9.03. The number of amides is 1. The topological polar surface area (TPSA) is 100 Å². The molecule has 0 aliphatic rings. The van der Waals surface area contributed by atoms with Crippen molar-refractivity contribution >= 4 is 23.4 Å². The SMILES string of the molecule is COc1cc(NC(=O)CSc2cc(-n3nc(C)cc3C)ncn2)cc(OC)c1OC. The molecular weight excluding hydrogens is 406 g/mol. The van der Waals surface area contributed by atoms with Crippen LogP contribution in [0.3, 0.4) is 0 Å². The molecule has 0 radical (unpaired) electrons. The van der Waals surface area contributed by atoms with Crippen LogP contribution in [0, 0.1) is 13.8 Å². The number of benzene rings is 1. The second kappa shape index (κ2) is 9.49. The van der Waals surface area contributed by atoms with Crippen molar-refractivity contribution in [2.45, 2.75) is 18.9 Å². The average molecular weight is 430 g/mol. The fourth-order valence-electron chi connectivity index (χ4n) is 2.88. The number of methoxy groups -OCH3 is 3. The van der Waals surface area contributed by atoms with E-state index >= 15 is 0 Å². The first-order valence-corrected chi connectivity index (χ1v) is 10.0. The minimum Gasteiger partial charge on any atom is -0.493 e. The molecule has 2 heterocycles. The highest BCUT2D eigenvalue weighted by atomic mass is 32.2. The molecule has 0 aliphatic carbocycles. The van der Waals surface area contributed by atoms with E-state index in [4.69, 9.17) is 14.2 Å². The van der Waals surface area contributed by atoms with E-state index in [-0.39, 0.29) is 11.7 Å². The van der Waals surface area contributed by atoms with E-state index in [1.807, 2.05) is 19.9 Å². The molecule has 30 heavy (non-hydrogen) atoms. The van der Waals surface area contributed by atoms with Crippen LogP contribution in [0.2, 0.25) is 0 Å². The number of anilines is 1. The van der Waals surface area contributed by atoms with Gasteiger partial charge in [0.15, 0.2) is 17.3 Å². The van der Waals surface area contributed by atoms with Gasteiger partial charge in [0.05, 0.1) is 32.8 Å². The summed E-state index contributed by atoms with van der Waals surface area (Å²) in [6.45, 7) is 3.88. The Labute approximate surface area is 178 Å². The molecule has 0 spiro atoms. The van der Waals surface area contributed by atoms with Crippen LogP contribution in [-0.2, 0) is 4.79 Å². The fourth-order valence-corrected chi connectivity index (χ4v) is 3.54. The number of thioether (sulfide) groups is 1. The number of rotatable bonds is 8. The van der Waals surface area contributed by atoms with E-state index in [0.717, 1.165) is 11.4 Å². The zero-order chi connectivity index (χ0) is 21.7. The predicted molar refractivity (Wildman–Crippen MR) is 114 cm³/mol. The first kappa shape index (κ1) is 21.4. The molecule has 9 nitrogen and oxygen atoms in total. The lowest BCUT2D eigenvalue weighted by Crippen LogP contribution is -2.14. The van der Waals surface area contributed by atoms with Gasteiger partial charge in [0.2, 0.25) is 11.7 Å². The normalized spacial score (nSPS) is 10.6. The van der Waals surface area contributed by atoms with Crippen LogP contribution in [0.5, 0.6) is 17.2 Å². The first-order chi connectivity index (χ1) is 14.4. The molecule has 3 rings (SSSR count). The van der Waals surface area contributed by atoms with Crippen molar-refractivity contribution in [3.05, 3.63) is 42.0 Å². The van der Waals surface area contributed by atoms with Crippen molar-refractivity contribution in [3.63, 3.8) is 0 Å². The van der Waals surface area contributed by atoms with Gasteiger partial charge in [0.25, 0.3) is 0 Å². The number of nitrogens with one attached hydrogen (secondary N) is 1. The quantitative estimate of drug-likeness (QED) is 0.431. The van der Waals surface area contributed by atoms with E-state index in [0.29, 0.717) is 33.8 Å². The second-order valence-electron chi connectivity index (χ2n) is 6.30. The van der Waals surface area contributed by atoms with E-state index in [1.54, 1.807) is 22.9 Å². The Kier molecular flexibility index (Phi) is 6.78. The largest absolute Gasteiger partial charge is 0.493 e. The van der Waals surface area contributed by atoms with Crippen molar-refractivity contribution in [2.24, 2.45) is 0 Å². The molecule has 1 amide bonds. The zero-order valence-corrected chi connectivity index (χ0v) is 18.2. The fraction of sp³-hybridized carbons (Fsp3) is 0.300. The summed E-state index contributed by atoms with van der Waals surface area (Å²) in [5, 5.41) is 7.93. The van der Waals surface area contributed by atoms with Gasteiger partial charge in [-0.15, -0.1) is 0 Å². The number of ether oxygens (including phenoxy) is 3. The summed E-state index contributed by atoms with van der Waals surface area (Å²) in [7, 11) is 4.57. The van der Waals surface area contributed by atoms with Gasteiger partial charge in [-0.05, 0) is 19.9 Å². The van der Waals surface area contributed by atoms with E-state index in [9.17, 15) is 4.79 Å². The Morgan fingerprint density at radius 1 is 1.03 bits per heavy atom. The van der Waals surface area contributed by atoms with Crippen molar-refractivity contribution < 1.29 is 19.0 Å². The Morgan fingerprint density at radius 2 is 1.73 bits per heavy atom. The monoisotopic (exact) mass is 429 g/mol. The van der Waals surface area contributed by atoms with E-state index < -0.39 is 0 Å². The Hall–Kier alpha value is -3.27. The molecule has 0 unspecified atom stereocenters. The summed E-state index contributed by atoms with van der Waals surface area (Å²) in [5.41, 5.74) is 2.42. The maximum Gasteiger partial charge on any atom is 0.234 e. The molecular formula is C20H23N5O4S. The molecule has 1 aromatic carbocycles. The third kappa shape index (κ3) is 4.82. The minimum atomic E-state index is -0.194. The second-order valence-corrected chi connectivity index (χ2v) is 7.30. The molecule has 0 atom stereocenters. The number of aromatic nitrogens is 4. The standard InChI is InChI=1S/C20H23N5O4S/c1-12-6-13(2)25(24-12)17-9-19(22-11-21-17)30-10-18(26)23-14-7-15(27-3)20(29-5)16(8-14)28-4/h6-9,11H,10H2,1-5H3,(H,23,26). The number of aryl methyl sites for hydroxylation is 2. The summed E-state index contributed by atoms with van der Waals surface area (Å²) < 4.78 is 17.7. The summed E-state index contributed by atoms with van der Waals surface area (Å²) in [6, 6.07) is 7.13. The highest BCUT2D eigenvalue weighted by Crippen LogP contribution is 2.40. The number of hydrogen-bond donors (Lipinski definition) is 1. The van der Waals surface area contributed by atoms with Crippen molar-refractivity contribution in [1.29, 1.82) is 0 Å². The number of nitrogens with zero attached hydrogens (tertiary/aromatic N) is 4. The summed E-state index contributed by atoms with van der Waals surface area (Å²) in [6.07, 6.45) is 1.46. The molecule has 1 N–H and O–H groups in total. The number of carbonyl (C=O) groups is 1. The molecule has 0 saturated carbocycles. The maximum absolute atomic E-state index is 12.4. The summed E-state index contributed by atoms with van der Waals surface area (Å²) >= 11 is 1.31. The minimum absolute atomic E-state index is 0.171. The van der Waals surface area contributed by atoms with Gasteiger partial charge in [0.1, 0.15) is 11.4 Å². The Morgan fingerprint density at radius 3 is 2.30 bits per heavy atom. The molecule has 0 saturated heterocycles. The van der Waals surface area contributed by atoms with Crippen molar-refractivity contribution in [3.8, 4) is 23.1 Å². The van der Waals surface area contributed by atoms with E-state index in [1.165, 1.54) is 39.4 Å². The summed E-state index contributed by atoms with van der Waals surface area (Å²) in [4.78, 5) is 20.9. The van der Waals surface area contributed by atoms with E-state index in [2.05, 4.69) is 20.4 Å². The van der Waals surface area contributed by atoms with Gasteiger partial charge < -0.3 is 19.5 Å². The van der Waals surface area contributed by atoms with Gasteiger partial charge in [-0.2, -0.15) is 5.10 Å². The van der Waals surface area contributed by atoms with Crippen LogP contribution < -0.4 is 19.5 Å². The smallest absolute Gasteiger partial charge is 0.234 e. The molecule has 0 aliphatic heterocycles. The Balaban J connectivity index is 1.68. The third-order valence-electron chi connectivity index (χ3n) is 4.15. The third-order valence-corrected chi connectivity index (χ3v) is 5.08. The Bertz CT molecular complexity index is 1030. The van der Waals surface area contributed by atoms with Crippen LogP contribution in [-0.4, -0.2) is 52.7 Å². The van der Waals surface area contributed by atoms with Crippen LogP contribution in [0.1, 0.15) is 11.4 Å². The van der Waals surface area contributed by atoms with Crippen LogP contribution >= 0.6 is 11.8 Å². The lowest BCUT2D eigenvalue weighted by Gasteiger charge is -2.14. The van der Waals surface area contributed by atoms with Gasteiger partial charge in [0, 0.05) is 29.6 Å². The maximum atomic E-state index is 12.4. The van der Waals surface area contributed by atoms with Crippen molar-refractivity contribution in [1.82, 2.24) is 19.7 Å². The lowest BCUT2D eigenvalue weighted by atomic mass is 10.2. The number of carbonyl (C=O) groups excluding carboxylic acids is 1. The van der Waals surface area contributed by atoms with Crippen LogP contribution in [0.25, 0.3) is 5.82 Å². The van der Waals surface area contributed by atoms with Gasteiger partial charge in [-0.1, -0.05) is 11.8 Å². The van der Waals surface area contributed by atoms with Crippen LogP contribution in [0.4, 0.5) is 5.69 Å². The highest BCUT2D eigenvalue weighted by molar-refractivity contribution is 7.99. The highest BCUT2D eigenvalue weighted by Gasteiger charge is 2.15. The van der Waals surface area contributed by atoms with Crippen LogP contribution in [0.15, 0.2) is 35.6 Å². The van der Waals surface area contributed by atoms with Gasteiger partial charge in [-0.3, -0.25) is 4.79 Å². The molecule has 0 bridgehead atoms. The molecule has 2 aromatic heterocycles. The lowest BCUT2D eigenvalue weighted by molar-refractivity contribution is -0.113. The predicted octanol–water partition coefficient (Wildman–Crippen LogP) is 3.04. The van der Waals surface area contributed by atoms with Crippen molar-refractivity contribution in [2.75, 3.05) is 32.4 Å². The molecule has 10 heteroatoms. The molecule has 0 fully saturated rings. The summed E-state index contributed by atoms with van der Waals surface area (Å²) in [5.74, 6) is 2.02.